The molecular formula is C12H14N2O3. The fourth-order valence-electron chi connectivity index (χ4n) is 1.74. The summed E-state index contributed by atoms with van der Waals surface area (Å²) in [5.41, 5.74) is 1.87. The summed E-state index contributed by atoms with van der Waals surface area (Å²) in [4.78, 5) is 15.6. The zero-order chi connectivity index (χ0) is 12.6. The Morgan fingerprint density at radius 1 is 1.53 bits per heavy atom. The van der Waals surface area contributed by atoms with Crippen LogP contribution in [-0.4, -0.2) is 21.2 Å². The van der Waals surface area contributed by atoms with E-state index in [0.717, 1.165) is 0 Å². The normalized spacial score (nSPS) is 11.3. The molecule has 2 aromatic rings. The maximum absolute atomic E-state index is 11.3. The van der Waals surface area contributed by atoms with E-state index in [0.29, 0.717) is 28.9 Å². The Hall–Kier alpha value is -1.91. The Labute approximate surface area is 98.4 Å². The second kappa shape index (κ2) is 4.16. The summed E-state index contributed by atoms with van der Waals surface area (Å²) in [6.07, 6.45) is 0.621. The number of aryl methyl sites for hydroxylation is 1. The highest BCUT2D eigenvalue weighted by Crippen LogP contribution is 2.25. The maximum Gasteiger partial charge on any atom is 0.336 e. The van der Waals surface area contributed by atoms with Crippen molar-refractivity contribution in [2.75, 3.05) is 0 Å². The lowest BCUT2D eigenvalue weighted by Crippen LogP contribution is -2.03. The first kappa shape index (κ1) is 11.6. The molecule has 0 aliphatic heterocycles. The Morgan fingerprint density at radius 2 is 2.24 bits per heavy atom. The van der Waals surface area contributed by atoms with E-state index < -0.39 is 5.97 Å². The van der Waals surface area contributed by atoms with Crippen LogP contribution in [-0.2, 0) is 6.42 Å². The van der Waals surface area contributed by atoms with Crippen LogP contribution in [0, 0.1) is 0 Å². The minimum atomic E-state index is -0.975. The smallest absolute Gasteiger partial charge is 0.336 e. The largest absolute Gasteiger partial charge is 0.478 e. The molecule has 2 aromatic heterocycles. The lowest BCUT2D eigenvalue weighted by atomic mass is 10.0. The van der Waals surface area contributed by atoms with Gasteiger partial charge in [-0.05, 0) is 18.4 Å². The Balaban J connectivity index is 2.79. The number of hydrogen-bond acceptors (Lipinski definition) is 4. The van der Waals surface area contributed by atoms with Gasteiger partial charge in [-0.25, -0.2) is 9.78 Å². The molecule has 0 aliphatic carbocycles. The van der Waals surface area contributed by atoms with Gasteiger partial charge in [0, 0.05) is 5.69 Å². The van der Waals surface area contributed by atoms with Crippen LogP contribution in [0.3, 0.4) is 0 Å². The first-order valence-electron chi connectivity index (χ1n) is 5.57. The molecule has 0 fully saturated rings. The Kier molecular flexibility index (Phi) is 2.83. The van der Waals surface area contributed by atoms with Gasteiger partial charge in [0.2, 0.25) is 0 Å². The SMILES string of the molecule is CCc1noc2nc(C(C)C)cc(C(=O)O)c12. The molecule has 17 heavy (non-hydrogen) atoms. The second-order valence-corrected chi connectivity index (χ2v) is 4.22. The monoisotopic (exact) mass is 234 g/mol. The van der Waals surface area contributed by atoms with Crippen LogP contribution in [0.4, 0.5) is 0 Å². The molecule has 0 saturated heterocycles. The fraction of sp³-hybridized carbons (Fsp3) is 0.417. The number of carbonyl (C=O) groups is 1. The van der Waals surface area contributed by atoms with E-state index in [9.17, 15) is 9.90 Å². The highest BCUT2D eigenvalue weighted by molar-refractivity contribution is 6.02. The fourth-order valence-corrected chi connectivity index (χ4v) is 1.74. The molecule has 0 unspecified atom stereocenters. The Morgan fingerprint density at radius 3 is 2.76 bits per heavy atom. The van der Waals surface area contributed by atoms with Crippen LogP contribution >= 0.6 is 0 Å². The van der Waals surface area contributed by atoms with Crippen LogP contribution in [0.2, 0.25) is 0 Å². The molecule has 0 radical (unpaired) electrons. The van der Waals surface area contributed by atoms with E-state index in [1.165, 1.54) is 0 Å². The summed E-state index contributed by atoms with van der Waals surface area (Å²) in [6, 6.07) is 1.60. The summed E-state index contributed by atoms with van der Waals surface area (Å²) >= 11 is 0. The molecule has 5 nitrogen and oxygen atoms in total. The molecular weight excluding hydrogens is 220 g/mol. The quantitative estimate of drug-likeness (QED) is 0.883. The van der Waals surface area contributed by atoms with Gasteiger partial charge in [-0.2, -0.15) is 0 Å². The van der Waals surface area contributed by atoms with Crippen molar-refractivity contribution in [1.82, 2.24) is 10.1 Å². The maximum atomic E-state index is 11.3. The average molecular weight is 234 g/mol. The number of fused-ring (bicyclic) bond motifs is 1. The van der Waals surface area contributed by atoms with Gasteiger partial charge in [-0.15, -0.1) is 0 Å². The topological polar surface area (TPSA) is 76.2 Å². The van der Waals surface area contributed by atoms with E-state index in [2.05, 4.69) is 10.1 Å². The zero-order valence-electron chi connectivity index (χ0n) is 10.0. The molecule has 0 atom stereocenters. The number of carboxylic acid groups (broad SMARTS) is 1. The molecule has 90 valence electrons. The van der Waals surface area contributed by atoms with Crippen LogP contribution in [0.1, 0.15) is 48.4 Å². The Bertz CT molecular complexity index is 572. The van der Waals surface area contributed by atoms with Gasteiger partial charge in [0.25, 0.3) is 5.71 Å². The van der Waals surface area contributed by atoms with Gasteiger partial charge < -0.3 is 9.63 Å². The molecule has 5 heteroatoms. The van der Waals surface area contributed by atoms with Crippen LogP contribution < -0.4 is 0 Å². The highest BCUT2D eigenvalue weighted by Gasteiger charge is 2.19. The van der Waals surface area contributed by atoms with E-state index in [1.807, 2.05) is 20.8 Å². The third kappa shape index (κ3) is 1.88. The van der Waals surface area contributed by atoms with Gasteiger partial charge in [0.1, 0.15) is 0 Å². The van der Waals surface area contributed by atoms with Crippen molar-refractivity contribution in [1.29, 1.82) is 0 Å². The van der Waals surface area contributed by atoms with E-state index in [1.54, 1.807) is 6.07 Å². The predicted octanol–water partition coefficient (Wildman–Crippen LogP) is 2.61. The number of rotatable bonds is 3. The summed E-state index contributed by atoms with van der Waals surface area (Å²) in [5, 5.41) is 13.6. The van der Waals surface area contributed by atoms with Crippen molar-refractivity contribution in [3.8, 4) is 0 Å². The van der Waals surface area contributed by atoms with E-state index in [4.69, 9.17) is 4.52 Å². The van der Waals surface area contributed by atoms with Gasteiger partial charge >= 0.3 is 5.97 Å². The minimum Gasteiger partial charge on any atom is -0.478 e. The standard InChI is InChI=1S/C12H14N2O3/c1-4-8-10-7(12(15)16)5-9(6(2)3)13-11(10)17-14-8/h5-6H,4H2,1-3H3,(H,15,16). The number of hydrogen-bond donors (Lipinski definition) is 1. The zero-order valence-corrected chi connectivity index (χ0v) is 10.0. The molecule has 0 amide bonds. The third-order valence-electron chi connectivity index (χ3n) is 2.69. The third-order valence-corrected chi connectivity index (χ3v) is 2.69. The van der Waals surface area contributed by atoms with Gasteiger partial charge in [-0.1, -0.05) is 25.9 Å². The molecule has 1 N–H and O–H groups in total. The van der Waals surface area contributed by atoms with Gasteiger partial charge in [0.15, 0.2) is 0 Å². The molecule has 2 rings (SSSR count). The average Bonchev–Trinajstić information content (AvgIpc) is 2.70. The summed E-state index contributed by atoms with van der Waals surface area (Å²) in [6.45, 7) is 5.81. The van der Waals surface area contributed by atoms with E-state index >= 15 is 0 Å². The molecule has 2 heterocycles. The van der Waals surface area contributed by atoms with Crippen molar-refractivity contribution < 1.29 is 14.4 Å². The van der Waals surface area contributed by atoms with Crippen molar-refractivity contribution >= 4 is 17.1 Å². The minimum absolute atomic E-state index is 0.146. The molecule has 0 spiro atoms. The lowest BCUT2D eigenvalue weighted by Gasteiger charge is -2.05. The van der Waals surface area contributed by atoms with Gasteiger partial charge in [-0.3, -0.25) is 0 Å². The van der Waals surface area contributed by atoms with Crippen molar-refractivity contribution in [3.05, 3.63) is 23.0 Å². The number of nitrogens with zero attached hydrogens (tertiary/aromatic N) is 2. The number of aromatic carboxylic acids is 1. The molecule has 0 saturated carbocycles. The predicted molar refractivity (Wildman–Crippen MR) is 62.2 cm³/mol. The van der Waals surface area contributed by atoms with Crippen molar-refractivity contribution in [2.24, 2.45) is 0 Å². The second-order valence-electron chi connectivity index (χ2n) is 4.22. The van der Waals surface area contributed by atoms with E-state index in [-0.39, 0.29) is 11.5 Å². The highest BCUT2D eigenvalue weighted by atomic mass is 16.5. The summed E-state index contributed by atoms with van der Waals surface area (Å²) in [7, 11) is 0. The molecule has 0 aromatic carbocycles. The number of pyridine rings is 1. The number of carboxylic acids is 1. The van der Waals surface area contributed by atoms with Crippen molar-refractivity contribution in [3.63, 3.8) is 0 Å². The summed E-state index contributed by atoms with van der Waals surface area (Å²) < 4.78 is 5.10. The summed E-state index contributed by atoms with van der Waals surface area (Å²) in [5.74, 6) is -0.829. The van der Waals surface area contributed by atoms with Gasteiger partial charge in [0.05, 0.1) is 16.6 Å². The van der Waals surface area contributed by atoms with Crippen LogP contribution in [0.25, 0.3) is 11.1 Å². The van der Waals surface area contributed by atoms with Crippen molar-refractivity contribution in [2.45, 2.75) is 33.1 Å². The molecule has 0 aliphatic rings. The number of aromatic nitrogens is 2. The van der Waals surface area contributed by atoms with Crippen LogP contribution in [0.15, 0.2) is 10.6 Å². The lowest BCUT2D eigenvalue weighted by molar-refractivity contribution is 0.0698. The first-order chi connectivity index (χ1) is 8.04. The van der Waals surface area contributed by atoms with Crippen LogP contribution in [0.5, 0.6) is 0 Å². The molecule has 0 bridgehead atoms. The first-order valence-corrected chi connectivity index (χ1v) is 5.57.